The Morgan fingerprint density at radius 1 is 1.23 bits per heavy atom. The maximum absolute atomic E-state index is 11.3. The molecule has 6 heteroatoms. The Labute approximate surface area is 131 Å². The van der Waals surface area contributed by atoms with Gasteiger partial charge in [0.1, 0.15) is 16.8 Å². The summed E-state index contributed by atoms with van der Waals surface area (Å²) in [6.07, 6.45) is 4.86. The molecule has 0 bridgehead atoms. The molecule has 1 aromatic heterocycles. The number of allylic oxidation sites excluding steroid dienone is 2. The third-order valence-corrected chi connectivity index (χ3v) is 4.65. The van der Waals surface area contributed by atoms with Gasteiger partial charge in [0.2, 0.25) is 0 Å². The molecule has 0 saturated heterocycles. The Morgan fingerprint density at radius 3 is 2.59 bits per heavy atom. The number of ether oxygens (including phenoxy) is 1. The molecule has 0 fully saturated rings. The highest BCUT2D eigenvalue weighted by Crippen LogP contribution is 2.47. The Balaban J connectivity index is 1.96. The number of benzene rings is 1. The monoisotopic (exact) mass is 315 g/mol. The second-order valence-corrected chi connectivity index (χ2v) is 5.77. The van der Waals surface area contributed by atoms with Gasteiger partial charge in [0.15, 0.2) is 0 Å². The summed E-state index contributed by atoms with van der Waals surface area (Å²) in [6, 6.07) is 10.9. The van der Waals surface area contributed by atoms with Crippen molar-refractivity contribution in [3.63, 3.8) is 0 Å². The second-order valence-electron chi connectivity index (χ2n) is 4.63. The normalized spacial score (nSPS) is 17.6. The highest BCUT2D eigenvalue weighted by atomic mass is 32.2. The highest BCUT2D eigenvalue weighted by Gasteiger charge is 2.31. The highest BCUT2D eigenvalue weighted by molar-refractivity contribution is 8.08. The summed E-state index contributed by atoms with van der Waals surface area (Å²) >= 11 is 1.41. The van der Waals surface area contributed by atoms with Gasteiger partial charge in [0.05, 0.1) is 23.2 Å². The molecule has 0 amide bonds. The number of furan rings is 1. The minimum atomic E-state index is -0.383. The van der Waals surface area contributed by atoms with Crippen LogP contribution in [0.3, 0.4) is 0 Å². The Bertz CT molecular complexity index is 732. The van der Waals surface area contributed by atoms with Crippen LogP contribution in [0.15, 0.2) is 64.9 Å². The predicted octanol–water partition coefficient (Wildman–Crippen LogP) is 4.28. The van der Waals surface area contributed by atoms with Crippen LogP contribution in [0, 0.1) is 10.1 Å². The molecule has 2 heterocycles. The van der Waals surface area contributed by atoms with Crippen molar-refractivity contribution in [1.82, 2.24) is 0 Å². The van der Waals surface area contributed by atoms with Crippen LogP contribution >= 0.6 is 11.8 Å². The van der Waals surface area contributed by atoms with Gasteiger partial charge in [-0.25, -0.2) is 0 Å². The molecule has 1 aliphatic rings. The lowest BCUT2D eigenvalue weighted by Crippen LogP contribution is -2.10. The first-order valence-corrected chi connectivity index (χ1v) is 7.48. The average Bonchev–Trinajstić information content (AvgIpc) is 3.09. The summed E-state index contributed by atoms with van der Waals surface area (Å²) in [5, 5.41) is 10.9. The standard InChI is InChI=1S/C16H13NO4S/c1-20-12-6-4-11(5-7-12)16-13(17(18)19)8-9-15(22-16)14-3-2-10-21-14/h2-10,16H,1H3. The van der Waals surface area contributed by atoms with Gasteiger partial charge in [-0.15, -0.1) is 11.8 Å². The Hall–Kier alpha value is -2.47. The van der Waals surface area contributed by atoms with E-state index < -0.39 is 0 Å². The van der Waals surface area contributed by atoms with E-state index in [2.05, 4.69) is 0 Å². The van der Waals surface area contributed by atoms with E-state index in [9.17, 15) is 10.1 Å². The number of nitrogens with zero attached hydrogens (tertiary/aromatic N) is 1. The van der Waals surface area contributed by atoms with Gasteiger partial charge in [-0.05, 0) is 35.9 Å². The molecular weight excluding hydrogens is 302 g/mol. The summed E-state index contributed by atoms with van der Waals surface area (Å²) in [4.78, 5) is 11.8. The largest absolute Gasteiger partial charge is 0.497 e. The lowest BCUT2D eigenvalue weighted by Gasteiger charge is -2.18. The van der Waals surface area contributed by atoms with Crippen LogP contribution in [0.4, 0.5) is 0 Å². The van der Waals surface area contributed by atoms with Crippen LogP contribution in [0.1, 0.15) is 16.6 Å². The zero-order valence-electron chi connectivity index (χ0n) is 11.8. The SMILES string of the molecule is COc1ccc(C2SC(c3ccco3)=CC=C2[N+](=O)[O-])cc1. The van der Waals surface area contributed by atoms with Crippen molar-refractivity contribution in [3.8, 4) is 5.75 Å². The van der Waals surface area contributed by atoms with Gasteiger partial charge in [0.25, 0.3) is 5.70 Å². The number of hydrogen-bond acceptors (Lipinski definition) is 5. The second kappa shape index (κ2) is 6.11. The van der Waals surface area contributed by atoms with Gasteiger partial charge in [0, 0.05) is 6.08 Å². The van der Waals surface area contributed by atoms with Crippen LogP contribution in [-0.4, -0.2) is 12.0 Å². The van der Waals surface area contributed by atoms with Gasteiger partial charge in [-0.1, -0.05) is 12.1 Å². The number of thioether (sulfide) groups is 1. The molecule has 2 aromatic rings. The van der Waals surface area contributed by atoms with E-state index in [-0.39, 0.29) is 15.9 Å². The maximum atomic E-state index is 11.3. The van der Waals surface area contributed by atoms with Crippen molar-refractivity contribution in [2.75, 3.05) is 7.11 Å². The molecule has 1 atom stereocenters. The third kappa shape index (κ3) is 2.78. The van der Waals surface area contributed by atoms with E-state index in [1.807, 2.05) is 18.2 Å². The summed E-state index contributed by atoms with van der Waals surface area (Å²) in [5.41, 5.74) is 1.01. The molecule has 0 saturated carbocycles. The molecule has 5 nitrogen and oxygen atoms in total. The van der Waals surface area contributed by atoms with Crippen molar-refractivity contribution in [1.29, 1.82) is 0 Å². The van der Waals surface area contributed by atoms with E-state index in [4.69, 9.17) is 9.15 Å². The van der Waals surface area contributed by atoms with E-state index in [1.165, 1.54) is 11.8 Å². The van der Waals surface area contributed by atoms with Crippen molar-refractivity contribution < 1.29 is 14.1 Å². The van der Waals surface area contributed by atoms with Crippen LogP contribution in [0.25, 0.3) is 4.91 Å². The number of hydrogen-bond donors (Lipinski definition) is 0. The van der Waals surface area contributed by atoms with Crippen LogP contribution in [0.2, 0.25) is 0 Å². The lowest BCUT2D eigenvalue weighted by atomic mass is 10.1. The zero-order valence-corrected chi connectivity index (χ0v) is 12.6. The van der Waals surface area contributed by atoms with Crippen LogP contribution < -0.4 is 4.74 Å². The average molecular weight is 315 g/mol. The first-order chi connectivity index (χ1) is 10.7. The topological polar surface area (TPSA) is 65.5 Å². The van der Waals surface area contributed by atoms with Crippen molar-refractivity contribution in [3.05, 3.63) is 81.9 Å². The lowest BCUT2D eigenvalue weighted by molar-refractivity contribution is -0.427. The van der Waals surface area contributed by atoms with Crippen molar-refractivity contribution >= 4 is 16.7 Å². The smallest absolute Gasteiger partial charge is 0.263 e. The van der Waals surface area contributed by atoms with Gasteiger partial charge < -0.3 is 9.15 Å². The van der Waals surface area contributed by atoms with Gasteiger partial charge in [-0.2, -0.15) is 0 Å². The first-order valence-electron chi connectivity index (χ1n) is 6.60. The first kappa shape index (κ1) is 14.5. The number of nitro groups is 1. The molecule has 0 N–H and O–H groups in total. The molecular formula is C16H13NO4S. The Kier molecular flexibility index (Phi) is 4.02. The van der Waals surface area contributed by atoms with E-state index in [0.29, 0.717) is 5.76 Å². The quantitative estimate of drug-likeness (QED) is 0.622. The Morgan fingerprint density at radius 2 is 2.00 bits per heavy atom. The summed E-state index contributed by atoms with van der Waals surface area (Å²) in [7, 11) is 1.59. The molecule has 3 rings (SSSR count). The molecule has 0 spiro atoms. The number of rotatable bonds is 4. The molecule has 1 aromatic carbocycles. The zero-order chi connectivity index (χ0) is 15.5. The fraction of sp³-hybridized carbons (Fsp3) is 0.125. The van der Waals surface area contributed by atoms with Crippen molar-refractivity contribution in [2.45, 2.75) is 5.25 Å². The molecule has 1 aliphatic heterocycles. The van der Waals surface area contributed by atoms with E-state index >= 15 is 0 Å². The summed E-state index contributed by atoms with van der Waals surface area (Å²) in [5.74, 6) is 1.43. The third-order valence-electron chi connectivity index (χ3n) is 3.31. The predicted molar refractivity (Wildman–Crippen MR) is 85.1 cm³/mol. The summed E-state index contributed by atoms with van der Waals surface area (Å²) in [6.45, 7) is 0. The van der Waals surface area contributed by atoms with Crippen LogP contribution in [-0.2, 0) is 0 Å². The molecule has 22 heavy (non-hydrogen) atoms. The molecule has 1 unspecified atom stereocenters. The molecule has 0 radical (unpaired) electrons. The number of methoxy groups -OCH3 is 1. The maximum Gasteiger partial charge on any atom is 0.263 e. The molecule has 0 aliphatic carbocycles. The van der Waals surface area contributed by atoms with Gasteiger partial charge in [-0.3, -0.25) is 10.1 Å². The fourth-order valence-electron chi connectivity index (χ4n) is 2.21. The van der Waals surface area contributed by atoms with Crippen molar-refractivity contribution in [2.24, 2.45) is 0 Å². The minimum absolute atomic E-state index is 0.158. The minimum Gasteiger partial charge on any atom is -0.497 e. The van der Waals surface area contributed by atoms with E-state index in [1.54, 1.807) is 43.7 Å². The molecule has 112 valence electrons. The van der Waals surface area contributed by atoms with Crippen LogP contribution in [0.5, 0.6) is 5.75 Å². The summed E-state index contributed by atoms with van der Waals surface area (Å²) < 4.78 is 10.5. The van der Waals surface area contributed by atoms with Gasteiger partial charge >= 0.3 is 0 Å². The van der Waals surface area contributed by atoms with E-state index in [0.717, 1.165) is 16.2 Å². The fourth-order valence-corrected chi connectivity index (χ4v) is 3.42.